The first-order valence-corrected chi connectivity index (χ1v) is 7.24. The Balaban J connectivity index is 2.00. The Bertz CT molecular complexity index is 707. The number of nitrogens with one attached hydrogen (secondary N) is 2. The second-order valence-corrected chi connectivity index (χ2v) is 5.02. The van der Waals surface area contributed by atoms with Gasteiger partial charge in [-0.15, -0.1) is 0 Å². The Labute approximate surface area is 129 Å². The molecular formula is C17H20N2O3. The third-order valence-corrected chi connectivity index (χ3v) is 3.22. The molecule has 1 heterocycles. The van der Waals surface area contributed by atoms with Crippen LogP contribution in [0.1, 0.15) is 34.1 Å². The van der Waals surface area contributed by atoms with Crippen molar-refractivity contribution in [1.82, 2.24) is 10.3 Å². The number of aromatic amines is 1. The molecular weight excluding hydrogens is 280 g/mol. The lowest BCUT2D eigenvalue weighted by atomic mass is 10.1. The predicted octanol–water partition coefficient (Wildman–Crippen LogP) is 2.15. The summed E-state index contributed by atoms with van der Waals surface area (Å²) in [6.45, 7) is 5.30. The Morgan fingerprint density at radius 3 is 2.73 bits per heavy atom. The van der Waals surface area contributed by atoms with Crippen molar-refractivity contribution in [3.8, 4) is 0 Å². The fraction of sp³-hybridized carbons (Fsp3) is 0.294. The standard InChI is InChI=1S/C17H20N2O3/c1-3-22-11-14-6-4-5-13(9-14)10-18-16(20)15-8-7-12(2)19-17(15)21/h4-9H,3,10-11H2,1-2H3,(H,18,20)(H,19,21). The number of aryl methyl sites for hydroxylation is 1. The smallest absolute Gasteiger partial charge is 0.260 e. The SMILES string of the molecule is CCOCc1cccc(CNC(=O)c2ccc(C)[nH]c2=O)c1. The van der Waals surface area contributed by atoms with Crippen molar-refractivity contribution in [2.45, 2.75) is 27.0 Å². The molecule has 0 unspecified atom stereocenters. The number of benzene rings is 1. The summed E-state index contributed by atoms with van der Waals surface area (Å²) < 4.78 is 5.36. The Kier molecular flexibility index (Phi) is 5.49. The minimum atomic E-state index is -0.378. The summed E-state index contributed by atoms with van der Waals surface area (Å²) in [4.78, 5) is 26.4. The third kappa shape index (κ3) is 4.30. The monoisotopic (exact) mass is 300 g/mol. The molecule has 2 rings (SSSR count). The Morgan fingerprint density at radius 2 is 2.00 bits per heavy atom. The van der Waals surface area contributed by atoms with Gasteiger partial charge in [0.2, 0.25) is 0 Å². The van der Waals surface area contributed by atoms with Crippen LogP contribution in [0, 0.1) is 6.92 Å². The maximum Gasteiger partial charge on any atom is 0.260 e. The first-order valence-electron chi connectivity index (χ1n) is 7.24. The van der Waals surface area contributed by atoms with Gasteiger partial charge in [-0.1, -0.05) is 24.3 Å². The first kappa shape index (κ1) is 16.0. The third-order valence-electron chi connectivity index (χ3n) is 3.22. The second kappa shape index (κ2) is 7.56. The molecule has 1 amide bonds. The van der Waals surface area contributed by atoms with Crippen LogP contribution in [0.25, 0.3) is 0 Å². The summed E-state index contributed by atoms with van der Waals surface area (Å²) in [5, 5.41) is 2.76. The van der Waals surface area contributed by atoms with Crippen molar-refractivity contribution in [2.24, 2.45) is 0 Å². The molecule has 5 nitrogen and oxygen atoms in total. The fourth-order valence-corrected chi connectivity index (χ4v) is 2.08. The normalized spacial score (nSPS) is 10.5. The largest absolute Gasteiger partial charge is 0.377 e. The van der Waals surface area contributed by atoms with Gasteiger partial charge in [-0.2, -0.15) is 0 Å². The van der Waals surface area contributed by atoms with Gasteiger partial charge < -0.3 is 15.0 Å². The molecule has 1 aromatic carbocycles. The summed E-state index contributed by atoms with van der Waals surface area (Å²) in [6.07, 6.45) is 0. The van der Waals surface area contributed by atoms with Crippen molar-refractivity contribution in [1.29, 1.82) is 0 Å². The van der Waals surface area contributed by atoms with Crippen molar-refractivity contribution in [3.63, 3.8) is 0 Å². The van der Waals surface area contributed by atoms with Gasteiger partial charge in [0.25, 0.3) is 11.5 Å². The van der Waals surface area contributed by atoms with E-state index in [4.69, 9.17) is 4.74 Å². The van der Waals surface area contributed by atoms with E-state index in [9.17, 15) is 9.59 Å². The maximum absolute atomic E-state index is 12.1. The molecule has 116 valence electrons. The lowest BCUT2D eigenvalue weighted by Crippen LogP contribution is -2.29. The van der Waals surface area contributed by atoms with Gasteiger partial charge in [-0.25, -0.2) is 0 Å². The van der Waals surface area contributed by atoms with Crippen LogP contribution in [0.3, 0.4) is 0 Å². The van der Waals surface area contributed by atoms with Gasteiger partial charge in [0.05, 0.1) is 6.61 Å². The molecule has 22 heavy (non-hydrogen) atoms. The van der Waals surface area contributed by atoms with E-state index in [1.165, 1.54) is 6.07 Å². The minimum Gasteiger partial charge on any atom is -0.377 e. The van der Waals surface area contributed by atoms with E-state index in [0.29, 0.717) is 19.8 Å². The number of carbonyl (C=O) groups excluding carboxylic acids is 1. The molecule has 0 aliphatic carbocycles. The number of carbonyl (C=O) groups is 1. The average molecular weight is 300 g/mol. The fourth-order valence-electron chi connectivity index (χ4n) is 2.08. The minimum absolute atomic E-state index is 0.121. The molecule has 0 spiro atoms. The number of aromatic nitrogens is 1. The molecule has 2 aromatic rings. The summed E-state index contributed by atoms with van der Waals surface area (Å²) in [5.41, 5.74) is 2.50. The van der Waals surface area contributed by atoms with Crippen molar-refractivity contribution in [2.75, 3.05) is 6.61 Å². The molecule has 2 N–H and O–H groups in total. The van der Waals surface area contributed by atoms with Gasteiger partial charge in [-0.05, 0) is 37.1 Å². The molecule has 0 saturated heterocycles. The van der Waals surface area contributed by atoms with E-state index in [1.807, 2.05) is 31.2 Å². The number of amides is 1. The second-order valence-electron chi connectivity index (χ2n) is 5.02. The molecule has 1 aromatic heterocycles. The zero-order valence-corrected chi connectivity index (χ0v) is 12.8. The molecule has 0 bridgehead atoms. The van der Waals surface area contributed by atoms with Crippen LogP contribution in [-0.4, -0.2) is 17.5 Å². The molecule has 0 saturated carbocycles. The van der Waals surface area contributed by atoms with E-state index in [1.54, 1.807) is 13.0 Å². The number of hydrogen-bond donors (Lipinski definition) is 2. The van der Waals surface area contributed by atoms with E-state index in [2.05, 4.69) is 10.3 Å². The zero-order chi connectivity index (χ0) is 15.9. The highest BCUT2D eigenvalue weighted by atomic mass is 16.5. The first-order chi connectivity index (χ1) is 10.6. The highest BCUT2D eigenvalue weighted by Gasteiger charge is 2.09. The number of pyridine rings is 1. The number of rotatable bonds is 6. The lowest BCUT2D eigenvalue weighted by molar-refractivity contribution is 0.0949. The maximum atomic E-state index is 12.1. The summed E-state index contributed by atoms with van der Waals surface area (Å²) in [7, 11) is 0. The van der Waals surface area contributed by atoms with Crippen LogP contribution in [-0.2, 0) is 17.9 Å². The Morgan fingerprint density at radius 1 is 1.23 bits per heavy atom. The lowest BCUT2D eigenvalue weighted by Gasteiger charge is -2.07. The highest BCUT2D eigenvalue weighted by molar-refractivity contribution is 5.93. The average Bonchev–Trinajstić information content (AvgIpc) is 2.51. The van der Waals surface area contributed by atoms with Crippen LogP contribution >= 0.6 is 0 Å². The highest BCUT2D eigenvalue weighted by Crippen LogP contribution is 2.07. The van der Waals surface area contributed by atoms with Gasteiger partial charge in [0, 0.05) is 18.8 Å². The summed E-state index contributed by atoms with van der Waals surface area (Å²) in [6, 6.07) is 11.1. The van der Waals surface area contributed by atoms with E-state index in [-0.39, 0.29) is 17.0 Å². The number of hydrogen-bond acceptors (Lipinski definition) is 3. The molecule has 0 atom stereocenters. The van der Waals surface area contributed by atoms with E-state index in [0.717, 1.165) is 16.8 Å². The number of ether oxygens (including phenoxy) is 1. The van der Waals surface area contributed by atoms with Gasteiger partial charge in [0.15, 0.2) is 0 Å². The van der Waals surface area contributed by atoms with Gasteiger partial charge >= 0.3 is 0 Å². The quantitative estimate of drug-likeness (QED) is 0.858. The number of H-pyrrole nitrogens is 1. The van der Waals surface area contributed by atoms with Crippen LogP contribution in [0.15, 0.2) is 41.2 Å². The van der Waals surface area contributed by atoms with Crippen LogP contribution in [0.5, 0.6) is 0 Å². The molecule has 0 aliphatic heterocycles. The van der Waals surface area contributed by atoms with Crippen molar-refractivity contribution in [3.05, 3.63) is 69.1 Å². The van der Waals surface area contributed by atoms with E-state index < -0.39 is 0 Å². The van der Waals surface area contributed by atoms with E-state index >= 15 is 0 Å². The van der Waals surface area contributed by atoms with Crippen molar-refractivity contribution < 1.29 is 9.53 Å². The Hall–Kier alpha value is -2.40. The van der Waals surface area contributed by atoms with Gasteiger partial charge in [-0.3, -0.25) is 9.59 Å². The van der Waals surface area contributed by atoms with Gasteiger partial charge in [0.1, 0.15) is 5.56 Å². The molecule has 0 fully saturated rings. The molecule has 5 heteroatoms. The van der Waals surface area contributed by atoms with Crippen LogP contribution in [0.4, 0.5) is 0 Å². The van der Waals surface area contributed by atoms with Crippen LogP contribution < -0.4 is 10.9 Å². The molecule has 0 radical (unpaired) electrons. The summed E-state index contributed by atoms with van der Waals surface area (Å²) >= 11 is 0. The topological polar surface area (TPSA) is 71.2 Å². The summed E-state index contributed by atoms with van der Waals surface area (Å²) in [5.74, 6) is -0.378. The van der Waals surface area contributed by atoms with Crippen LogP contribution in [0.2, 0.25) is 0 Å². The van der Waals surface area contributed by atoms with Crippen molar-refractivity contribution >= 4 is 5.91 Å². The predicted molar refractivity (Wildman–Crippen MR) is 84.7 cm³/mol. The molecule has 0 aliphatic rings. The zero-order valence-electron chi connectivity index (χ0n) is 12.8.